The summed E-state index contributed by atoms with van der Waals surface area (Å²) >= 11 is 0. The fraction of sp³-hybridized carbons (Fsp3) is 0.250. The largest absolute Gasteiger partial charge is 0.540 e. The summed E-state index contributed by atoms with van der Waals surface area (Å²) in [6, 6.07) is 0. The Kier molecular flexibility index (Phi) is 2.19. The highest BCUT2D eigenvalue weighted by Gasteiger charge is 1.94. The molecule has 0 aromatic heterocycles. The van der Waals surface area contributed by atoms with Crippen LogP contribution >= 0.6 is 0 Å². The Labute approximate surface area is 43.6 Å². The SMILES string of the molecule is BOC(=O)C(=C)C. The molecule has 0 aliphatic rings. The third-order valence-electron chi connectivity index (χ3n) is 0.534. The van der Waals surface area contributed by atoms with Gasteiger partial charge in [0.05, 0.1) is 0 Å². The van der Waals surface area contributed by atoms with Crippen molar-refractivity contribution in [2.45, 2.75) is 6.92 Å². The van der Waals surface area contributed by atoms with Crippen molar-refractivity contribution in [1.82, 2.24) is 0 Å². The van der Waals surface area contributed by atoms with Crippen molar-refractivity contribution >= 4 is 14.0 Å². The summed E-state index contributed by atoms with van der Waals surface area (Å²) < 4.78 is 4.27. The summed E-state index contributed by atoms with van der Waals surface area (Å²) in [5.74, 6) is -0.347. The van der Waals surface area contributed by atoms with Gasteiger partial charge in [0.1, 0.15) is 0 Å². The molecule has 0 aliphatic heterocycles. The molecule has 3 heteroatoms. The first kappa shape index (κ1) is 6.27. The first-order chi connectivity index (χ1) is 3.18. The van der Waals surface area contributed by atoms with Gasteiger partial charge in [-0.05, 0) is 6.92 Å². The van der Waals surface area contributed by atoms with Gasteiger partial charge in [-0.2, -0.15) is 0 Å². The van der Waals surface area contributed by atoms with E-state index in [0.29, 0.717) is 5.57 Å². The van der Waals surface area contributed by atoms with Crippen LogP contribution in [0.4, 0.5) is 0 Å². The quantitative estimate of drug-likeness (QED) is 0.331. The van der Waals surface area contributed by atoms with E-state index in [1.807, 2.05) is 0 Å². The van der Waals surface area contributed by atoms with E-state index in [-0.39, 0.29) is 5.97 Å². The van der Waals surface area contributed by atoms with Crippen LogP contribution in [0.2, 0.25) is 0 Å². The number of carbonyl (C=O) groups is 1. The lowest BCUT2D eigenvalue weighted by molar-refractivity contribution is -0.129. The van der Waals surface area contributed by atoms with Crippen molar-refractivity contribution in [2.75, 3.05) is 0 Å². The first-order valence-electron chi connectivity index (χ1n) is 1.92. The third-order valence-corrected chi connectivity index (χ3v) is 0.534. The molecule has 0 N–H and O–H groups in total. The zero-order valence-electron chi connectivity index (χ0n) is 4.52. The van der Waals surface area contributed by atoms with Crippen LogP contribution in [0.15, 0.2) is 12.2 Å². The molecule has 7 heavy (non-hydrogen) atoms. The topological polar surface area (TPSA) is 26.3 Å². The minimum atomic E-state index is -0.347. The second kappa shape index (κ2) is 2.45. The van der Waals surface area contributed by atoms with Gasteiger partial charge in [-0.15, -0.1) is 0 Å². The van der Waals surface area contributed by atoms with Crippen molar-refractivity contribution < 1.29 is 9.45 Å². The Morgan fingerprint density at radius 1 is 1.86 bits per heavy atom. The maximum absolute atomic E-state index is 10.2. The van der Waals surface area contributed by atoms with Gasteiger partial charge < -0.3 is 4.65 Å². The van der Waals surface area contributed by atoms with E-state index in [1.54, 1.807) is 6.92 Å². The minimum Gasteiger partial charge on any atom is -0.540 e. The van der Waals surface area contributed by atoms with Crippen LogP contribution in [0.3, 0.4) is 0 Å². The highest BCUT2D eigenvalue weighted by molar-refractivity contribution is 6.08. The molecule has 0 atom stereocenters. The molecule has 0 saturated heterocycles. The smallest absolute Gasteiger partial charge is 0.326 e. The standard InChI is InChI=1S/C4H7BO2/c1-3(2)4(6)7-5/h1,5H2,2H3. The molecule has 0 bridgehead atoms. The molecular weight excluding hydrogens is 90.9 g/mol. The van der Waals surface area contributed by atoms with Gasteiger partial charge in [-0.3, -0.25) is 0 Å². The van der Waals surface area contributed by atoms with Crippen molar-refractivity contribution in [2.24, 2.45) is 0 Å². The van der Waals surface area contributed by atoms with Gasteiger partial charge in [0.15, 0.2) is 0 Å². The molecule has 0 unspecified atom stereocenters. The minimum absolute atomic E-state index is 0.347. The summed E-state index contributed by atoms with van der Waals surface area (Å²) in [6.07, 6.45) is 0. The Morgan fingerprint density at radius 3 is 2.29 bits per heavy atom. The highest BCUT2D eigenvalue weighted by Crippen LogP contribution is 1.86. The van der Waals surface area contributed by atoms with Crippen LogP contribution in [0, 0.1) is 0 Å². The van der Waals surface area contributed by atoms with Gasteiger partial charge in [0, 0.05) is 5.57 Å². The molecule has 0 heterocycles. The van der Waals surface area contributed by atoms with Gasteiger partial charge in [-0.1, -0.05) is 6.58 Å². The summed E-state index contributed by atoms with van der Waals surface area (Å²) in [4.78, 5) is 10.2. The van der Waals surface area contributed by atoms with Gasteiger partial charge in [0.25, 0.3) is 0 Å². The van der Waals surface area contributed by atoms with E-state index in [4.69, 9.17) is 0 Å². The van der Waals surface area contributed by atoms with E-state index in [1.165, 1.54) is 8.05 Å². The Balaban J connectivity index is 3.58. The molecule has 38 valence electrons. The maximum Gasteiger partial charge on any atom is 0.326 e. The molecule has 0 spiro atoms. The molecule has 0 amide bonds. The van der Waals surface area contributed by atoms with E-state index in [2.05, 4.69) is 11.2 Å². The van der Waals surface area contributed by atoms with Crippen LogP contribution < -0.4 is 0 Å². The van der Waals surface area contributed by atoms with Crippen molar-refractivity contribution in [1.29, 1.82) is 0 Å². The second-order valence-electron chi connectivity index (χ2n) is 1.27. The zero-order chi connectivity index (χ0) is 5.86. The van der Waals surface area contributed by atoms with Crippen LogP contribution in [-0.4, -0.2) is 14.0 Å². The molecule has 0 saturated carbocycles. The van der Waals surface area contributed by atoms with Crippen molar-refractivity contribution in [3.05, 3.63) is 12.2 Å². The van der Waals surface area contributed by atoms with E-state index >= 15 is 0 Å². The molecule has 0 aliphatic carbocycles. The average Bonchev–Trinajstić information content (AvgIpc) is 1.65. The summed E-state index contributed by atoms with van der Waals surface area (Å²) in [5, 5.41) is 0. The van der Waals surface area contributed by atoms with Crippen molar-refractivity contribution in [3.63, 3.8) is 0 Å². The van der Waals surface area contributed by atoms with Crippen molar-refractivity contribution in [3.8, 4) is 0 Å². The van der Waals surface area contributed by atoms with Crippen LogP contribution in [0.25, 0.3) is 0 Å². The lowest BCUT2D eigenvalue weighted by atomic mass is 10.3. The molecule has 2 nitrogen and oxygen atoms in total. The summed E-state index contributed by atoms with van der Waals surface area (Å²) in [5.41, 5.74) is 0.433. The fourth-order valence-corrected chi connectivity index (χ4v) is 0.174. The van der Waals surface area contributed by atoms with Gasteiger partial charge in [-0.25, -0.2) is 4.79 Å². The van der Waals surface area contributed by atoms with Gasteiger partial charge >= 0.3 is 14.0 Å². The first-order valence-corrected chi connectivity index (χ1v) is 1.92. The average molecular weight is 97.9 g/mol. The second-order valence-corrected chi connectivity index (χ2v) is 1.27. The normalized spacial score (nSPS) is 7.57. The molecule has 0 aromatic carbocycles. The van der Waals surface area contributed by atoms with Crippen LogP contribution in [-0.2, 0) is 9.45 Å². The fourth-order valence-electron chi connectivity index (χ4n) is 0.174. The lowest BCUT2D eigenvalue weighted by Crippen LogP contribution is -2.00. The lowest BCUT2D eigenvalue weighted by Gasteiger charge is -1.92. The number of hydrogen-bond acceptors (Lipinski definition) is 2. The molecule has 0 aromatic rings. The summed E-state index contributed by atoms with van der Waals surface area (Å²) in [6.45, 7) is 4.95. The number of hydrogen-bond donors (Lipinski definition) is 0. The molecule has 0 radical (unpaired) electrons. The zero-order valence-corrected chi connectivity index (χ0v) is 4.52. The summed E-state index contributed by atoms with van der Waals surface area (Å²) in [7, 11) is 1.33. The number of rotatable bonds is 1. The van der Waals surface area contributed by atoms with E-state index < -0.39 is 0 Å². The highest BCUT2D eigenvalue weighted by atomic mass is 16.5. The Morgan fingerprint density at radius 2 is 2.29 bits per heavy atom. The number of carbonyl (C=O) groups excluding carboxylic acids is 1. The van der Waals surface area contributed by atoms with Crippen LogP contribution in [0.5, 0.6) is 0 Å². The maximum atomic E-state index is 10.2. The molecule has 0 fully saturated rings. The Hall–Kier alpha value is -0.725. The van der Waals surface area contributed by atoms with Crippen LogP contribution in [0.1, 0.15) is 6.92 Å². The molecule has 0 rings (SSSR count). The van der Waals surface area contributed by atoms with Gasteiger partial charge in [0.2, 0.25) is 0 Å². The van der Waals surface area contributed by atoms with E-state index in [9.17, 15) is 4.79 Å². The van der Waals surface area contributed by atoms with E-state index in [0.717, 1.165) is 0 Å². The monoisotopic (exact) mass is 98.1 g/mol. The predicted octanol–water partition coefficient (Wildman–Crippen LogP) is -0.346. The Bertz CT molecular complexity index is 97.9. The third kappa shape index (κ3) is 2.03. The predicted molar refractivity (Wildman–Crippen MR) is 29.4 cm³/mol. The molecular formula is C4H7BO2.